The molecule has 0 bridgehead atoms. The standard InChI is InChI=1S/C22H21ClN4O/c23-16-5-3-8-19-15(16)10-13-26(19)14-11-21(28)27-12-4-9-20(27)22-24-17-6-1-2-7-18(17)25-22/h1-3,5-8,10,13,20H,4,9,11-12,14H2,(H,24,25). The lowest BCUT2D eigenvalue weighted by atomic mass is 10.2. The summed E-state index contributed by atoms with van der Waals surface area (Å²) in [5, 5.41) is 1.77. The Morgan fingerprint density at radius 1 is 1.18 bits per heavy atom. The molecule has 1 aliphatic heterocycles. The third-order valence-corrected chi connectivity index (χ3v) is 5.95. The molecular formula is C22H21ClN4O. The van der Waals surface area contributed by atoms with Crippen LogP contribution in [-0.2, 0) is 11.3 Å². The van der Waals surface area contributed by atoms with Crippen LogP contribution in [0.2, 0.25) is 5.02 Å². The lowest BCUT2D eigenvalue weighted by molar-refractivity contribution is -0.132. The zero-order valence-corrected chi connectivity index (χ0v) is 16.2. The molecule has 2 aromatic carbocycles. The molecule has 3 heterocycles. The molecule has 1 N–H and O–H groups in total. The SMILES string of the molecule is O=C(CCn1ccc2c(Cl)cccc21)N1CCCC1c1nc2ccccc2[nH]1. The minimum atomic E-state index is 0.0377. The van der Waals surface area contributed by atoms with Gasteiger partial charge in [0, 0.05) is 41.6 Å². The fourth-order valence-corrected chi connectivity index (χ4v) is 4.45. The number of imidazole rings is 1. The van der Waals surface area contributed by atoms with E-state index in [0.717, 1.165) is 52.2 Å². The van der Waals surface area contributed by atoms with Crippen molar-refractivity contribution in [1.29, 1.82) is 0 Å². The number of benzene rings is 2. The monoisotopic (exact) mass is 392 g/mol. The number of aromatic nitrogens is 3. The second-order valence-corrected chi connectivity index (χ2v) is 7.72. The second kappa shape index (κ2) is 6.99. The van der Waals surface area contributed by atoms with Crippen molar-refractivity contribution in [3.63, 3.8) is 0 Å². The maximum atomic E-state index is 13.0. The smallest absolute Gasteiger partial charge is 0.224 e. The summed E-state index contributed by atoms with van der Waals surface area (Å²) in [7, 11) is 0. The first-order valence-electron chi connectivity index (χ1n) is 9.68. The molecule has 0 radical (unpaired) electrons. The van der Waals surface area contributed by atoms with E-state index in [0.29, 0.717) is 13.0 Å². The lowest BCUT2D eigenvalue weighted by Crippen LogP contribution is -2.31. The average Bonchev–Trinajstić information content (AvgIpc) is 3.43. The quantitative estimate of drug-likeness (QED) is 0.535. The number of likely N-dealkylation sites (tertiary alicyclic amines) is 1. The molecule has 1 fully saturated rings. The van der Waals surface area contributed by atoms with Crippen LogP contribution in [0.3, 0.4) is 0 Å². The van der Waals surface area contributed by atoms with Crippen LogP contribution >= 0.6 is 11.6 Å². The van der Waals surface area contributed by atoms with E-state index in [4.69, 9.17) is 16.6 Å². The van der Waals surface area contributed by atoms with Gasteiger partial charge in [0.15, 0.2) is 0 Å². The molecule has 1 unspecified atom stereocenters. The first-order chi connectivity index (χ1) is 13.7. The molecule has 0 aliphatic carbocycles. The number of amides is 1. The van der Waals surface area contributed by atoms with Crippen molar-refractivity contribution in [1.82, 2.24) is 19.4 Å². The molecule has 1 aliphatic rings. The molecule has 6 heteroatoms. The van der Waals surface area contributed by atoms with Crippen LogP contribution in [0, 0.1) is 0 Å². The van der Waals surface area contributed by atoms with Crippen molar-refractivity contribution in [2.75, 3.05) is 6.54 Å². The van der Waals surface area contributed by atoms with Gasteiger partial charge in [-0.25, -0.2) is 4.98 Å². The van der Waals surface area contributed by atoms with Crippen LogP contribution in [-0.4, -0.2) is 31.9 Å². The fourth-order valence-electron chi connectivity index (χ4n) is 4.22. The van der Waals surface area contributed by atoms with Crippen LogP contribution < -0.4 is 0 Å². The Kier molecular flexibility index (Phi) is 4.32. The Bertz CT molecular complexity index is 1130. The highest BCUT2D eigenvalue weighted by atomic mass is 35.5. The van der Waals surface area contributed by atoms with Crippen molar-refractivity contribution in [2.24, 2.45) is 0 Å². The Morgan fingerprint density at radius 2 is 2.07 bits per heavy atom. The summed E-state index contributed by atoms with van der Waals surface area (Å²) in [6.45, 7) is 1.44. The molecule has 1 amide bonds. The highest BCUT2D eigenvalue weighted by Gasteiger charge is 2.31. The Morgan fingerprint density at radius 3 is 2.96 bits per heavy atom. The number of halogens is 1. The molecule has 142 valence electrons. The largest absolute Gasteiger partial charge is 0.347 e. The van der Waals surface area contributed by atoms with Crippen LogP contribution in [0.25, 0.3) is 21.9 Å². The third kappa shape index (κ3) is 2.96. The highest BCUT2D eigenvalue weighted by Crippen LogP contribution is 2.32. The van der Waals surface area contributed by atoms with E-state index in [1.54, 1.807) is 0 Å². The van der Waals surface area contributed by atoms with Crippen molar-refractivity contribution in [3.8, 4) is 0 Å². The number of carbonyl (C=O) groups is 1. The van der Waals surface area contributed by atoms with E-state index in [1.165, 1.54) is 0 Å². The number of aryl methyl sites for hydroxylation is 1. The molecule has 5 rings (SSSR count). The topological polar surface area (TPSA) is 53.9 Å². The zero-order valence-electron chi connectivity index (χ0n) is 15.4. The summed E-state index contributed by atoms with van der Waals surface area (Å²) < 4.78 is 2.10. The number of nitrogens with zero attached hydrogens (tertiary/aromatic N) is 3. The Balaban J connectivity index is 1.33. The van der Waals surface area contributed by atoms with Crippen LogP contribution in [0.15, 0.2) is 54.7 Å². The van der Waals surface area contributed by atoms with Gasteiger partial charge in [-0.05, 0) is 43.2 Å². The van der Waals surface area contributed by atoms with Crippen molar-refractivity contribution >= 4 is 39.4 Å². The van der Waals surface area contributed by atoms with E-state index in [9.17, 15) is 4.79 Å². The molecular weight excluding hydrogens is 372 g/mol. The van der Waals surface area contributed by atoms with Crippen molar-refractivity contribution < 1.29 is 4.79 Å². The summed E-state index contributed by atoms with van der Waals surface area (Å²) in [6.07, 6.45) is 4.43. The summed E-state index contributed by atoms with van der Waals surface area (Å²) in [4.78, 5) is 23.1. The Labute approximate surface area is 167 Å². The Hall–Kier alpha value is -2.79. The second-order valence-electron chi connectivity index (χ2n) is 7.32. The van der Waals surface area contributed by atoms with Gasteiger partial charge in [0.2, 0.25) is 5.91 Å². The van der Waals surface area contributed by atoms with Crippen LogP contribution in [0.1, 0.15) is 31.1 Å². The molecule has 5 nitrogen and oxygen atoms in total. The number of para-hydroxylation sites is 2. The van der Waals surface area contributed by atoms with Gasteiger partial charge in [-0.2, -0.15) is 0 Å². The van der Waals surface area contributed by atoms with E-state index in [-0.39, 0.29) is 11.9 Å². The summed E-state index contributed by atoms with van der Waals surface area (Å²) in [5.74, 6) is 1.07. The van der Waals surface area contributed by atoms with E-state index < -0.39 is 0 Å². The van der Waals surface area contributed by atoms with Gasteiger partial charge in [0.1, 0.15) is 5.82 Å². The predicted octanol–water partition coefficient (Wildman–Crippen LogP) is 4.92. The van der Waals surface area contributed by atoms with Crippen LogP contribution in [0.5, 0.6) is 0 Å². The minimum Gasteiger partial charge on any atom is -0.347 e. The van der Waals surface area contributed by atoms with Gasteiger partial charge < -0.3 is 14.5 Å². The maximum Gasteiger partial charge on any atom is 0.224 e. The first kappa shape index (κ1) is 17.3. The number of hydrogen-bond donors (Lipinski definition) is 1. The van der Waals surface area contributed by atoms with Crippen molar-refractivity contribution in [2.45, 2.75) is 31.8 Å². The number of aromatic amines is 1. The molecule has 2 aromatic heterocycles. The predicted molar refractivity (Wildman–Crippen MR) is 111 cm³/mol. The van der Waals surface area contributed by atoms with Gasteiger partial charge >= 0.3 is 0 Å². The summed E-state index contributed by atoms with van der Waals surface area (Å²) >= 11 is 6.26. The van der Waals surface area contributed by atoms with Gasteiger partial charge in [-0.3, -0.25) is 4.79 Å². The molecule has 1 atom stereocenters. The molecule has 1 saturated heterocycles. The molecule has 4 aromatic rings. The third-order valence-electron chi connectivity index (χ3n) is 5.62. The van der Waals surface area contributed by atoms with Crippen molar-refractivity contribution in [3.05, 3.63) is 65.6 Å². The van der Waals surface area contributed by atoms with E-state index >= 15 is 0 Å². The molecule has 28 heavy (non-hydrogen) atoms. The molecule has 0 saturated carbocycles. The van der Waals surface area contributed by atoms with Gasteiger partial charge in [-0.1, -0.05) is 29.8 Å². The van der Waals surface area contributed by atoms with Crippen LogP contribution in [0.4, 0.5) is 0 Å². The van der Waals surface area contributed by atoms with Gasteiger partial charge in [0.05, 0.1) is 17.1 Å². The number of nitrogens with one attached hydrogen (secondary N) is 1. The van der Waals surface area contributed by atoms with E-state index in [2.05, 4.69) is 9.55 Å². The van der Waals surface area contributed by atoms with E-state index in [1.807, 2.05) is 59.6 Å². The number of carbonyl (C=O) groups excluding carboxylic acids is 1. The average molecular weight is 393 g/mol. The number of rotatable bonds is 4. The van der Waals surface area contributed by atoms with Gasteiger partial charge in [0.25, 0.3) is 0 Å². The maximum absolute atomic E-state index is 13.0. The number of hydrogen-bond acceptors (Lipinski definition) is 2. The minimum absolute atomic E-state index is 0.0377. The molecule has 0 spiro atoms. The summed E-state index contributed by atoms with van der Waals surface area (Å²) in [5.41, 5.74) is 3.04. The fraction of sp³-hybridized carbons (Fsp3) is 0.273. The highest BCUT2D eigenvalue weighted by molar-refractivity contribution is 6.35. The van der Waals surface area contributed by atoms with Gasteiger partial charge in [-0.15, -0.1) is 0 Å². The normalized spacial score (nSPS) is 17.0. The first-order valence-corrected chi connectivity index (χ1v) is 10.1. The zero-order chi connectivity index (χ0) is 19.1. The lowest BCUT2D eigenvalue weighted by Gasteiger charge is -2.23. The number of fused-ring (bicyclic) bond motifs is 2. The summed E-state index contributed by atoms with van der Waals surface area (Å²) in [6, 6.07) is 15.9. The number of H-pyrrole nitrogens is 1.